The first kappa shape index (κ1) is 13.5. The molecule has 0 amide bonds. The highest BCUT2D eigenvalue weighted by molar-refractivity contribution is 5.29. The number of aromatic nitrogens is 2. The van der Waals surface area contributed by atoms with Gasteiger partial charge in [0.05, 0.1) is 0 Å². The minimum atomic E-state index is 0.583. The van der Waals surface area contributed by atoms with Crippen LogP contribution < -0.4 is 10.3 Å². The Morgan fingerprint density at radius 2 is 1.86 bits per heavy atom. The molecule has 1 aromatic heterocycles. The summed E-state index contributed by atoms with van der Waals surface area (Å²) in [5.74, 6) is 1.70. The van der Waals surface area contributed by atoms with Gasteiger partial charge in [0.15, 0.2) is 0 Å². The zero-order chi connectivity index (χ0) is 14.1. The smallest absolute Gasteiger partial charge is 0.240 e. The molecule has 1 aliphatic carbocycles. The Morgan fingerprint density at radius 1 is 1.05 bits per heavy atom. The molecule has 4 rings (SSSR count). The van der Waals surface area contributed by atoms with Crippen LogP contribution in [0.1, 0.15) is 38.5 Å². The van der Waals surface area contributed by atoms with Crippen LogP contribution in [0.15, 0.2) is 18.5 Å². The number of hydrogen-bond acceptors (Lipinski definition) is 5. The Morgan fingerprint density at radius 3 is 2.62 bits per heavy atom. The van der Waals surface area contributed by atoms with Crippen molar-refractivity contribution in [2.75, 3.05) is 24.6 Å². The Hall–Kier alpha value is -1.20. The van der Waals surface area contributed by atoms with E-state index >= 15 is 0 Å². The molecule has 2 atom stereocenters. The monoisotopic (exact) mass is 287 g/mol. The first-order valence-corrected chi connectivity index (χ1v) is 8.46. The predicted octanol–water partition coefficient (Wildman–Crippen LogP) is 1.82. The lowest BCUT2D eigenvalue weighted by molar-refractivity contribution is 0.223. The maximum atomic E-state index is 4.55. The average Bonchev–Trinajstić information content (AvgIpc) is 3.11. The predicted molar refractivity (Wildman–Crippen MR) is 82.9 cm³/mol. The highest BCUT2D eigenvalue weighted by Crippen LogP contribution is 2.32. The number of anilines is 1. The highest BCUT2D eigenvalue weighted by atomic mass is 15.7. The fraction of sp³-hybridized carbons (Fsp3) is 0.750. The van der Waals surface area contributed by atoms with Crippen LogP contribution in [-0.2, 0) is 0 Å². The van der Waals surface area contributed by atoms with Gasteiger partial charge in [-0.15, -0.1) is 0 Å². The third-order valence-corrected chi connectivity index (χ3v) is 5.33. The average molecular weight is 287 g/mol. The molecule has 0 radical (unpaired) electrons. The molecule has 114 valence electrons. The van der Waals surface area contributed by atoms with Crippen molar-refractivity contribution >= 4 is 5.95 Å². The van der Waals surface area contributed by atoms with E-state index in [1.165, 1.54) is 45.1 Å². The fourth-order valence-corrected chi connectivity index (χ4v) is 4.26. The van der Waals surface area contributed by atoms with Gasteiger partial charge >= 0.3 is 0 Å². The summed E-state index contributed by atoms with van der Waals surface area (Å²) in [6.07, 6.45) is 11.7. The minimum absolute atomic E-state index is 0.583. The van der Waals surface area contributed by atoms with Crippen LogP contribution in [0.4, 0.5) is 5.95 Å². The van der Waals surface area contributed by atoms with Crippen molar-refractivity contribution in [3.05, 3.63) is 18.5 Å². The molecule has 3 heterocycles. The van der Waals surface area contributed by atoms with E-state index in [9.17, 15) is 0 Å². The quantitative estimate of drug-likeness (QED) is 0.919. The first-order valence-electron chi connectivity index (χ1n) is 8.46. The molecule has 3 fully saturated rings. The SMILES string of the molecule is c1cnc(N(C2CCCCC2)N2CC3CCNC3C2)nc1. The minimum Gasteiger partial charge on any atom is -0.312 e. The summed E-state index contributed by atoms with van der Waals surface area (Å²) in [6, 6.07) is 3.16. The molecule has 5 nitrogen and oxygen atoms in total. The molecule has 3 aliphatic rings. The summed E-state index contributed by atoms with van der Waals surface area (Å²) in [4.78, 5) is 9.09. The van der Waals surface area contributed by atoms with Crippen molar-refractivity contribution in [1.82, 2.24) is 20.3 Å². The lowest BCUT2D eigenvalue weighted by Crippen LogP contribution is -2.50. The molecule has 1 N–H and O–H groups in total. The van der Waals surface area contributed by atoms with E-state index in [0.717, 1.165) is 25.0 Å². The van der Waals surface area contributed by atoms with Gasteiger partial charge in [0, 0.05) is 37.6 Å². The molecule has 21 heavy (non-hydrogen) atoms. The van der Waals surface area contributed by atoms with Crippen LogP contribution >= 0.6 is 0 Å². The van der Waals surface area contributed by atoms with E-state index in [1.54, 1.807) is 0 Å². The second kappa shape index (κ2) is 5.89. The highest BCUT2D eigenvalue weighted by Gasteiger charge is 2.40. The molecular formula is C16H25N5. The molecule has 2 saturated heterocycles. The summed E-state index contributed by atoms with van der Waals surface area (Å²) >= 11 is 0. The summed E-state index contributed by atoms with van der Waals surface area (Å²) in [7, 11) is 0. The number of nitrogens with one attached hydrogen (secondary N) is 1. The maximum Gasteiger partial charge on any atom is 0.240 e. The lowest BCUT2D eigenvalue weighted by Gasteiger charge is -2.40. The molecule has 2 unspecified atom stereocenters. The first-order chi connectivity index (χ1) is 10.4. The van der Waals surface area contributed by atoms with Crippen molar-refractivity contribution < 1.29 is 0 Å². The summed E-state index contributed by atoms with van der Waals surface area (Å²) < 4.78 is 0. The Kier molecular flexibility index (Phi) is 3.78. The number of hydrogen-bond donors (Lipinski definition) is 1. The molecule has 5 heteroatoms. The maximum absolute atomic E-state index is 4.55. The van der Waals surface area contributed by atoms with E-state index in [1.807, 2.05) is 18.5 Å². The van der Waals surface area contributed by atoms with Gasteiger partial charge in [-0.1, -0.05) is 19.3 Å². The summed E-state index contributed by atoms with van der Waals surface area (Å²) in [6.45, 7) is 3.46. The van der Waals surface area contributed by atoms with Gasteiger partial charge in [0.2, 0.25) is 5.95 Å². The molecule has 1 aromatic rings. The summed E-state index contributed by atoms with van der Waals surface area (Å²) in [5.41, 5.74) is 0. The summed E-state index contributed by atoms with van der Waals surface area (Å²) in [5, 5.41) is 8.60. The van der Waals surface area contributed by atoms with Gasteiger partial charge in [0.25, 0.3) is 0 Å². The number of fused-ring (bicyclic) bond motifs is 1. The van der Waals surface area contributed by atoms with Gasteiger partial charge in [-0.2, -0.15) is 0 Å². The van der Waals surface area contributed by atoms with Crippen LogP contribution in [0.2, 0.25) is 0 Å². The second-order valence-corrected chi connectivity index (χ2v) is 6.67. The van der Waals surface area contributed by atoms with Gasteiger partial charge in [-0.05, 0) is 37.8 Å². The Labute approximate surface area is 126 Å². The van der Waals surface area contributed by atoms with Gasteiger partial charge in [-0.3, -0.25) is 5.01 Å². The molecule has 0 bridgehead atoms. The van der Waals surface area contributed by atoms with E-state index in [-0.39, 0.29) is 0 Å². The zero-order valence-corrected chi connectivity index (χ0v) is 12.6. The lowest BCUT2D eigenvalue weighted by atomic mass is 9.95. The topological polar surface area (TPSA) is 44.3 Å². The van der Waals surface area contributed by atoms with E-state index < -0.39 is 0 Å². The van der Waals surface area contributed by atoms with Crippen molar-refractivity contribution in [3.63, 3.8) is 0 Å². The van der Waals surface area contributed by atoms with Crippen LogP contribution in [0.5, 0.6) is 0 Å². The largest absolute Gasteiger partial charge is 0.312 e. The van der Waals surface area contributed by atoms with Gasteiger partial charge in [-0.25, -0.2) is 15.0 Å². The van der Waals surface area contributed by atoms with Crippen LogP contribution in [0.25, 0.3) is 0 Å². The van der Waals surface area contributed by atoms with Crippen LogP contribution in [0, 0.1) is 5.92 Å². The number of nitrogens with zero attached hydrogens (tertiary/aromatic N) is 4. The second-order valence-electron chi connectivity index (χ2n) is 6.67. The Bertz CT molecular complexity index is 447. The van der Waals surface area contributed by atoms with Crippen molar-refractivity contribution in [2.45, 2.75) is 50.6 Å². The molecule has 1 saturated carbocycles. The zero-order valence-electron chi connectivity index (χ0n) is 12.6. The van der Waals surface area contributed by atoms with Crippen molar-refractivity contribution in [3.8, 4) is 0 Å². The third-order valence-electron chi connectivity index (χ3n) is 5.33. The van der Waals surface area contributed by atoms with Crippen LogP contribution in [0.3, 0.4) is 0 Å². The molecule has 2 aliphatic heterocycles. The Balaban J connectivity index is 1.57. The molecular weight excluding hydrogens is 262 g/mol. The van der Waals surface area contributed by atoms with E-state index in [2.05, 4.69) is 25.3 Å². The van der Waals surface area contributed by atoms with Crippen LogP contribution in [-0.4, -0.2) is 46.7 Å². The normalized spacial score (nSPS) is 30.5. The number of rotatable bonds is 3. The van der Waals surface area contributed by atoms with Crippen molar-refractivity contribution in [2.24, 2.45) is 5.92 Å². The van der Waals surface area contributed by atoms with Gasteiger partial charge in [0.1, 0.15) is 0 Å². The molecule has 0 spiro atoms. The van der Waals surface area contributed by atoms with E-state index in [4.69, 9.17) is 0 Å². The van der Waals surface area contributed by atoms with Gasteiger partial charge < -0.3 is 5.32 Å². The fourth-order valence-electron chi connectivity index (χ4n) is 4.26. The standard InChI is InChI=1S/C16H25N5/c1-2-5-14(6-3-1)21(16-18-8-4-9-19-16)20-11-13-7-10-17-15(13)12-20/h4,8-9,13-15,17H,1-3,5-7,10-12H2. The number of hydrazine groups is 1. The van der Waals surface area contributed by atoms with Crippen molar-refractivity contribution in [1.29, 1.82) is 0 Å². The van der Waals surface area contributed by atoms with E-state index in [0.29, 0.717) is 12.1 Å². The molecule has 0 aromatic carbocycles. The third kappa shape index (κ3) is 2.64.